The number of amides is 1. The molecule has 1 aliphatic heterocycles. The third-order valence-electron chi connectivity index (χ3n) is 4.87. The molecule has 30 heavy (non-hydrogen) atoms. The maximum Gasteiger partial charge on any atom is 0.271 e. The van der Waals surface area contributed by atoms with E-state index >= 15 is 0 Å². The van der Waals surface area contributed by atoms with E-state index in [1.807, 2.05) is 0 Å². The Morgan fingerprint density at radius 1 is 1.07 bits per heavy atom. The first-order chi connectivity index (χ1) is 14.3. The molecule has 0 spiro atoms. The molecule has 1 fully saturated rings. The first kappa shape index (κ1) is 21.8. The van der Waals surface area contributed by atoms with Gasteiger partial charge in [-0.25, -0.2) is 8.42 Å². The number of nitrogens with zero attached hydrogens (tertiary/aromatic N) is 2. The number of carbonyl (C=O) groups excluding carboxylic acids is 1. The van der Waals surface area contributed by atoms with Gasteiger partial charge in [-0.2, -0.15) is 4.31 Å². The van der Waals surface area contributed by atoms with Crippen LogP contribution in [0.2, 0.25) is 0 Å². The van der Waals surface area contributed by atoms with Crippen LogP contribution in [-0.4, -0.2) is 50.5 Å². The number of aromatic nitrogens is 1. The number of hydrogen-bond donors (Lipinski definition) is 1. The molecule has 0 saturated carbocycles. The summed E-state index contributed by atoms with van der Waals surface area (Å²) in [5.74, 6) is 0.507. The maximum absolute atomic E-state index is 12.9. The van der Waals surface area contributed by atoms with Crippen LogP contribution >= 0.6 is 0 Å². The number of benzene rings is 1. The number of sulfonamides is 1. The van der Waals surface area contributed by atoms with Gasteiger partial charge in [0.1, 0.15) is 22.9 Å². The molecule has 0 bridgehead atoms. The summed E-state index contributed by atoms with van der Waals surface area (Å²) in [7, 11) is -0.904. The second-order valence-electron chi connectivity index (χ2n) is 6.92. The third-order valence-corrected chi connectivity index (χ3v) is 6.78. The highest BCUT2D eigenvalue weighted by atomic mass is 32.2. The third kappa shape index (κ3) is 4.82. The number of hydrogen-bond acceptors (Lipinski definition) is 6. The lowest BCUT2D eigenvalue weighted by Crippen LogP contribution is -2.39. The van der Waals surface area contributed by atoms with Crippen molar-refractivity contribution >= 4 is 21.6 Å². The van der Waals surface area contributed by atoms with E-state index in [4.69, 9.17) is 9.47 Å². The van der Waals surface area contributed by atoms with Gasteiger partial charge in [0.25, 0.3) is 5.56 Å². The molecular formula is C20H25N3O6S. The second kappa shape index (κ2) is 9.31. The standard InChI is InChI=1S/C20H25N3O6S/c1-28-16-11-15(12-17(13-16)29-2)21-19(24)14-22-8-6-7-18(20(22)25)30(26,27)23-9-4-3-5-10-23/h6-8,11-13H,3-5,9-10,14H2,1-2H3,(H,21,24). The molecule has 9 nitrogen and oxygen atoms in total. The van der Waals surface area contributed by atoms with Gasteiger partial charge in [0, 0.05) is 43.2 Å². The van der Waals surface area contributed by atoms with Crippen LogP contribution < -0.4 is 20.3 Å². The van der Waals surface area contributed by atoms with Crippen molar-refractivity contribution in [3.8, 4) is 11.5 Å². The first-order valence-corrected chi connectivity index (χ1v) is 11.0. The summed E-state index contributed by atoms with van der Waals surface area (Å²) in [6.07, 6.45) is 3.91. The number of piperidine rings is 1. The van der Waals surface area contributed by atoms with Gasteiger partial charge in [0.2, 0.25) is 15.9 Å². The highest BCUT2D eigenvalue weighted by molar-refractivity contribution is 7.89. The number of nitrogens with one attached hydrogen (secondary N) is 1. The van der Waals surface area contributed by atoms with Crippen molar-refractivity contribution < 1.29 is 22.7 Å². The summed E-state index contributed by atoms with van der Waals surface area (Å²) in [5, 5.41) is 2.67. The van der Waals surface area contributed by atoms with Crippen molar-refractivity contribution in [2.45, 2.75) is 30.7 Å². The van der Waals surface area contributed by atoms with Crippen LogP contribution in [0.3, 0.4) is 0 Å². The molecule has 1 saturated heterocycles. The molecule has 0 atom stereocenters. The van der Waals surface area contributed by atoms with E-state index in [0.717, 1.165) is 23.8 Å². The van der Waals surface area contributed by atoms with Crippen LogP contribution in [0.15, 0.2) is 46.2 Å². The molecule has 1 aromatic heterocycles. The van der Waals surface area contributed by atoms with Gasteiger partial charge >= 0.3 is 0 Å². The highest BCUT2D eigenvalue weighted by Crippen LogP contribution is 2.25. The SMILES string of the molecule is COc1cc(NC(=O)Cn2cccc(S(=O)(=O)N3CCCCC3)c2=O)cc(OC)c1. The summed E-state index contributed by atoms with van der Waals surface area (Å²) in [5.41, 5.74) is -0.289. The van der Waals surface area contributed by atoms with Gasteiger partial charge in [-0.15, -0.1) is 0 Å². The molecule has 3 rings (SSSR count). The van der Waals surface area contributed by atoms with E-state index in [9.17, 15) is 18.0 Å². The fraction of sp³-hybridized carbons (Fsp3) is 0.400. The number of pyridine rings is 1. The molecule has 0 unspecified atom stereocenters. The van der Waals surface area contributed by atoms with E-state index in [1.165, 1.54) is 36.9 Å². The zero-order valence-corrected chi connectivity index (χ0v) is 17.8. The zero-order chi connectivity index (χ0) is 21.7. The lowest BCUT2D eigenvalue weighted by atomic mass is 10.2. The van der Waals surface area contributed by atoms with Crippen LogP contribution in [-0.2, 0) is 21.4 Å². The molecule has 0 aliphatic carbocycles. The number of carbonyl (C=O) groups is 1. The summed E-state index contributed by atoms with van der Waals surface area (Å²) in [6.45, 7) is 0.464. The topological polar surface area (TPSA) is 107 Å². The number of ether oxygens (including phenoxy) is 2. The lowest BCUT2D eigenvalue weighted by Gasteiger charge is -2.25. The minimum absolute atomic E-state index is 0.317. The van der Waals surface area contributed by atoms with Gasteiger partial charge in [-0.1, -0.05) is 6.42 Å². The molecule has 2 aromatic rings. The summed E-state index contributed by atoms with van der Waals surface area (Å²) >= 11 is 0. The average molecular weight is 436 g/mol. The molecular weight excluding hydrogens is 410 g/mol. The summed E-state index contributed by atoms with van der Waals surface area (Å²) in [4.78, 5) is 25.0. The maximum atomic E-state index is 12.9. The molecule has 1 amide bonds. The Hall–Kier alpha value is -2.85. The van der Waals surface area contributed by atoms with Gasteiger partial charge in [-0.3, -0.25) is 9.59 Å². The highest BCUT2D eigenvalue weighted by Gasteiger charge is 2.29. The molecule has 10 heteroatoms. The van der Waals surface area contributed by atoms with E-state index in [-0.39, 0.29) is 11.4 Å². The Kier molecular flexibility index (Phi) is 6.78. The summed E-state index contributed by atoms with van der Waals surface area (Å²) in [6, 6.07) is 7.63. The Morgan fingerprint density at radius 2 is 1.70 bits per heavy atom. The molecule has 1 N–H and O–H groups in total. The minimum atomic E-state index is -3.89. The Bertz CT molecular complexity index is 1050. The van der Waals surface area contributed by atoms with Gasteiger partial charge in [0.05, 0.1) is 14.2 Å². The van der Waals surface area contributed by atoms with Gasteiger partial charge in [0.15, 0.2) is 0 Å². The predicted octanol–water partition coefficient (Wildman–Crippen LogP) is 1.68. The Morgan fingerprint density at radius 3 is 2.30 bits per heavy atom. The smallest absolute Gasteiger partial charge is 0.271 e. The van der Waals surface area contributed by atoms with Crippen molar-refractivity contribution in [3.63, 3.8) is 0 Å². The monoisotopic (exact) mass is 435 g/mol. The fourth-order valence-corrected chi connectivity index (χ4v) is 4.92. The van der Waals surface area contributed by atoms with Crippen LogP contribution in [0.1, 0.15) is 19.3 Å². The van der Waals surface area contributed by atoms with Crippen LogP contribution in [0.5, 0.6) is 11.5 Å². The molecule has 162 valence electrons. The van der Waals surface area contributed by atoms with Crippen LogP contribution in [0, 0.1) is 0 Å². The zero-order valence-electron chi connectivity index (χ0n) is 17.0. The van der Waals surface area contributed by atoms with Crippen molar-refractivity contribution in [1.82, 2.24) is 8.87 Å². The van der Waals surface area contributed by atoms with E-state index in [0.29, 0.717) is 30.3 Å². The van der Waals surface area contributed by atoms with Crippen molar-refractivity contribution in [2.24, 2.45) is 0 Å². The second-order valence-corrected chi connectivity index (χ2v) is 8.83. The van der Waals surface area contributed by atoms with E-state index in [1.54, 1.807) is 18.2 Å². The van der Waals surface area contributed by atoms with Gasteiger partial charge < -0.3 is 19.4 Å². The number of anilines is 1. The molecule has 2 heterocycles. The normalized spacial score (nSPS) is 14.9. The fourth-order valence-electron chi connectivity index (χ4n) is 3.31. The van der Waals surface area contributed by atoms with Crippen molar-refractivity contribution in [3.05, 3.63) is 46.9 Å². The predicted molar refractivity (Wildman–Crippen MR) is 111 cm³/mol. The van der Waals surface area contributed by atoms with Crippen LogP contribution in [0.4, 0.5) is 5.69 Å². The van der Waals surface area contributed by atoms with Crippen molar-refractivity contribution in [2.75, 3.05) is 32.6 Å². The van der Waals surface area contributed by atoms with Crippen molar-refractivity contribution in [1.29, 1.82) is 0 Å². The molecule has 0 radical (unpaired) electrons. The number of rotatable bonds is 7. The number of methoxy groups -OCH3 is 2. The van der Waals surface area contributed by atoms with E-state index in [2.05, 4.69) is 5.32 Å². The molecule has 1 aliphatic rings. The van der Waals surface area contributed by atoms with E-state index < -0.39 is 21.5 Å². The average Bonchev–Trinajstić information content (AvgIpc) is 2.75. The molecule has 1 aromatic carbocycles. The Balaban J connectivity index is 1.80. The lowest BCUT2D eigenvalue weighted by molar-refractivity contribution is -0.116. The first-order valence-electron chi connectivity index (χ1n) is 9.57. The van der Waals surface area contributed by atoms with Gasteiger partial charge in [-0.05, 0) is 25.0 Å². The largest absolute Gasteiger partial charge is 0.497 e. The quantitative estimate of drug-likeness (QED) is 0.709. The Labute approximate surface area is 175 Å². The van der Waals surface area contributed by atoms with Crippen LogP contribution in [0.25, 0.3) is 0 Å². The minimum Gasteiger partial charge on any atom is -0.497 e. The summed E-state index contributed by atoms with van der Waals surface area (Å²) < 4.78 is 38.5.